The number of carboxylic acid groups (broad SMARTS) is 1. The first-order valence-corrected chi connectivity index (χ1v) is 28.9. The number of thiophene rings is 2. The van der Waals surface area contributed by atoms with Crippen molar-refractivity contribution in [3.05, 3.63) is 196 Å². The van der Waals surface area contributed by atoms with E-state index in [0.717, 1.165) is 61.5 Å². The molecule has 1 aliphatic heterocycles. The highest BCUT2D eigenvalue weighted by Gasteiger charge is 2.44. The number of fused-ring (bicyclic) bond motifs is 6. The zero-order valence-corrected chi connectivity index (χ0v) is 45.2. The first kappa shape index (κ1) is 50.0. The summed E-state index contributed by atoms with van der Waals surface area (Å²) in [6.45, 7) is 9.31. The molecule has 0 saturated heterocycles. The molecule has 0 spiro atoms. The Morgan fingerprint density at radius 2 is 1.00 bits per heavy atom. The molecule has 1 N–H and O–H groups in total. The Labute approximate surface area is 450 Å². The Balaban J connectivity index is 0.975. The number of aliphatic carboxylic acids is 1. The molecular weight excluding hydrogens is 959 g/mol. The summed E-state index contributed by atoms with van der Waals surface area (Å²) < 4.78 is 0. The van der Waals surface area contributed by atoms with Gasteiger partial charge in [-0.15, -0.1) is 22.7 Å². The second-order valence-electron chi connectivity index (χ2n) is 20.6. The van der Waals surface area contributed by atoms with Crippen LogP contribution >= 0.6 is 22.7 Å². The first-order valence-electron chi connectivity index (χ1n) is 27.2. The highest BCUT2D eigenvalue weighted by Crippen LogP contribution is 2.58. The quantitative estimate of drug-likeness (QED) is 0.0772. The fraction of sp³-hybridized carbons (Fsp3) is 0.269. The average molecular weight is 1020 g/mol. The minimum atomic E-state index is -1.24. The van der Waals surface area contributed by atoms with Gasteiger partial charge in [0.05, 0.1) is 11.3 Å². The van der Waals surface area contributed by atoms with Crippen molar-refractivity contribution in [1.82, 2.24) is 0 Å². The van der Waals surface area contributed by atoms with Crippen molar-refractivity contribution >= 4 is 69.1 Å². The summed E-state index contributed by atoms with van der Waals surface area (Å²) in [5.41, 5.74) is 16.3. The third kappa shape index (κ3) is 9.00. The molecule has 0 fully saturated rings. The van der Waals surface area contributed by atoms with Gasteiger partial charge in [0.15, 0.2) is 5.71 Å². The number of anilines is 4. The van der Waals surface area contributed by atoms with Crippen molar-refractivity contribution in [3.63, 3.8) is 0 Å². The summed E-state index contributed by atoms with van der Waals surface area (Å²) in [4.78, 5) is 32.4. The smallest absolute Gasteiger partial charge is 0.357 e. The number of hydrogen-bond donors (Lipinski definition) is 1. The zero-order valence-electron chi connectivity index (χ0n) is 43.6. The van der Waals surface area contributed by atoms with Crippen LogP contribution in [0.3, 0.4) is 0 Å². The monoisotopic (exact) mass is 1020 g/mol. The fourth-order valence-corrected chi connectivity index (χ4v) is 14.5. The third-order valence-electron chi connectivity index (χ3n) is 16.1. The molecule has 1 amide bonds. The summed E-state index contributed by atoms with van der Waals surface area (Å²) in [5.74, 6) is -1.70. The van der Waals surface area contributed by atoms with Crippen LogP contribution in [0.15, 0.2) is 174 Å². The Morgan fingerprint density at radius 3 is 1.53 bits per heavy atom. The van der Waals surface area contributed by atoms with E-state index >= 15 is 0 Å². The lowest BCUT2D eigenvalue weighted by Gasteiger charge is -2.35. The number of unbranched alkanes of at least 4 members (excludes halogenated alkanes) is 4. The predicted octanol–water partition coefficient (Wildman–Crippen LogP) is 18.8. The SMILES string of the molecule is CCCCC1(CCCC)c2ccccc2-c2ccc(N(c3ccc(-c4ccc(-c5ccc(C=C6C(=O)N(c7ccccc7)N=C6C(=O)O)s5)s4)cc3)c3ccc4c(c3)C(CCCC)(CCCC)c3ccccc3-4)cc21. The molecular formula is C67H65N3O3S2. The lowest BCUT2D eigenvalue weighted by molar-refractivity contribution is -0.129. The van der Waals surface area contributed by atoms with E-state index in [-0.39, 0.29) is 22.1 Å². The topological polar surface area (TPSA) is 73.2 Å². The molecule has 2 aliphatic carbocycles. The molecule has 0 unspecified atom stereocenters. The van der Waals surface area contributed by atoms with Gasteiger partial charge in [0.25, 0.3) is 5.91 Å². The van der Waals surface area contributed by atoms with Crippen molar-refractivity contribution in [2.75, 3.05) is 9.91 Å². The van der Waals surface area contributed by atoms with Crippen LogP contribution in [0, 0.1) is 0 Å². The van der Waals surface area contributed by atoms with Crippen LogP contribution in [-0.4, -0.2) is 22.7 Å². The first-order chi connectivity index (χ1) is 36.7. The van der Waals surface area contributed by atoms with Crippen LogP contribution in [-0.2, 0) is 20.4 Å². The molecule has 0 saturated carbocycles. The number of rotatable bonds is 20. The number of carboxylic acids is 1. The number of carbonyl (C=O) groups excluding carboxylic acids is 1. The van der Waals surface area contributed by atoms with Crippen LogP contribution in [0.5, 0.6) is 0 Å². The molecule has 6 aromatic carbocycles. The lowest BCUT2D eigenvalue weighted by atomic mass is 9.70. The maximum absolute atomic E-state index is 13.5. The molecule has 0 bridgehead atoms. The second kappa shape index (κ2) is 21.2. The van der Waals surface area contributed by atoms with Gasteiger partial charge >= 0.3 is 5.97 Å². The number of nitrogens with zero attached hydrogens (tertiary/aromatic N) is 3. The van der Waals surface area contributed by atoms with Crippen LogP contribution in [0.4, 0.5) is 22.7 Å². The fourth-order valence-electron chi connectivity index (χ4n) is 12.4. The van der Waals surface area contributed by atoms with Crippen molar-refractivity contribution in [3.8, 4) is 42.4 Å². The second-order valence-corrected chi connectivity index (χ2v) is 22.8. The van der Waals surface area contributed by atoms with E-state index in [4.69, 9.17) is 0 Å². The number of hydrazone groups is 1. The Morgan fingerprint density at radius 1 is 0.533 bits per heavy atom. The largest absolute Gasteiger partial charge is 0.476 e. The maximum Gasteiger partial charge on any atom is 0.357 e. The lowest BCUT2D eigenvalue weighted by Crippen LogP contribution is -2.26. The van der Waals surface area contributed by atoms with Gasteiger partial charge in [-0.25, -0.2) is 4.79 Å². The Kier molecular flexibility index (Phi) is 14.2. The maximum atomic E-state index is 13.5. The summed E-state index contributed by atoms with van der Waals surface area (Å²) in [7, 11) is 0. The number of benzene rings is 6. The number of carbonyl (C=O) groups is 2. The average Bonchev–Trinajstić information content (AvgIpc) is 4.33. The van der Waals surface area contributed by atoms with Crippen LogP contribution in [0.25, 0.3) is 48.5 Å². The van der Waals surface area contributed by atoms with E-state index in [1.807, 2.05) is 18.2 Å². The normalized spacial score (nSPS) is 15.2. The van der Waals surface area contributed by atoms with E-state index in [0.29, 0.717) is 5.69 Å². The Bertz CT molecular complexity index is 3340. The van der Waals surface area contributed by atoms with E-state index in [9.17, 15) is 14.7 Å². The molecule has 0 radical (unpaired) electrons. The summed E-state index contributed by atoms with van der Waals surface area (Å²) in [6.07, 6.45) is 15.6. The van der Waals surface area contributed by atoms with Gasteiger partial charge in [-0.1, -0.05) is 170 Å². The number of amides is 1. The van der Waals surface area contributed by atoms with Gasteiger partial charge in [-0.05, 0) is 155 Å². The van der Waals surface area contributed by atoms with Crippen molar-refractivity contribution in [2.24, 2.45) is 5.10 Å². The van der Waals surface area contributed by atoms with Crippen molar-refractivity contribution in [1.29, 1.82) is 0 Å². The Hall–Kier alpha value is -7.13. The number of para-hydroxylation sites is 1. The highest BCUT2D eigenvalue weighted by atomic mass is 32.1. The molecule has 0 atom stereocenters. The third-order valence-corrected chi connectivity index (χ3v) is 18.5. The molecule has 3 heterocycles. The zero-order chi connectivity index (χ0) is 51.7. The molecule has 3 aliphatic rings. The van der Waals surface area contributed by atoms with E-state index in [1.165, 1.54) is 119 Å². The summed E-state index contributed by atoms with van der Waals surface area (Å²) in [5, 5.41) is 15.4. The number of hydrogen-bond acceptors (Lipinski definition) is 6. The van der Waals surface area contributed by atoms with Crippen molar-refractivity contribution in [2.45, 2.75) is 116 Å². The summed E-state index contributed by atoms with van der Waals surface area (Å²) in [6, 6.07) is 59.5. The minimum absolute atomic E-state index is 0.0389. The van der Waals surface area contributed by atoms with E-state index in [2.05, 4.69) is 159 Å². The van der Waals surface area contributed by atoms with E-state index < -0.39 is 11.9 Å². The van der Waals surface area contributed by atoms with Gasteiger partial charge in [0, 0.05) is 47.4 Å². The van der Waals surface area contributed by atoms with Crippen LogP contribution < -0.4 is 9.91 Å². The van der Waals surface area contributed by atoms with Gasteiger partial charge in [-0.3, -0.25) is 4.79 Å². The molecule has 8 heteroatoms. The highest BCUT2D eigenvalue weighted by molar-refractivity contribution is 7.24. The predicted molar refractivity (Wildman–Crippen MR) is 315 cm³/mol. The molecule has 8 aromatic rings. The molecule has 75 heavy (non-hydrogen) atoms. The molecule has 6 nitrogen and oxygen atoms in total. The van der Waals surface area contributed by atoms with Gasteiger partial charge in [-0.2, -0.15) is 10.1 Å². The minimum Gasteiger partial charge on any atom is -0.476 e. The van der Waals surface area contributed by atoms with Crippen LogP contribution in [0.2, 0.25) is 0 Å². The standard InChI is InChI=1S/C67H65N3O3S2/c1-5-9-38-66(39-10-6-2)56-24-18-16-22-51(56)53-33-30-48(42-58(53)66)69(49-31-34-54-52-23-17-19-25-57(52)67(40-11-7-3,41-12-8-4)59(54)43-49)46-28-26-45(27-29-46)60-36-37-62(75-60)61-35-32-50(74-61)44-55-63(65(72)73)68-70(64(55)71)47-20-14-13-15-21-47/h13-37,42-44H,5-12,38-41H2,1-4H3,(H,72,73). The van der Waals surface area contributed by atoms with Crippen molar-refractivity contribution < 1.29 is 14.7 Å². The van der Waals surface area contributed by atoms with Gasteiger partial charge in [0.1, 0.15) is 0 Å². The van der Waals surface area contributed by atoms with Gasteiger partial charge < -0.3 is 10.0 Å². The molecule has 11 rings (SSSR count). The summed E-state index contributed by atoms with van der Waals surface area (Å²) >= 11 is 3.26. The van der Waals surface area contributed by atoms with E-state index in [1.54, 1.807) is 41.7 Å². The molecule has 2 aromatic heterocycles. The molecule has 378 valence electrons. The van der Waals surface area contributed by atoms with Crippen LogP contribution in [0.1, 0.15) is 132 Å². The van der Waals surface area contributed by atoms with Gasteiger partial charge in [0.2, 0.25) is 0 Å².